The van der Waals surface area contributed by atoms with Crippen LogP contribution in [0.3, 0.4) is 0 Å². The lowest BCUT2D eigenvalue weighted by Crippen LogP contribution is -2.58. The Labute approximate surface area is 303 Å². The number of ether oxygens (including phenoxy) is 1. The third-order valence-corrected chi connectivity index (χ3v) is 9.16. The van der Waals surface area contributed by atoms with Crippen molar-refractivity contribution in [3.8, 4) is 11.1 Å². The van der Waals surface area contributed by atoms with E-state index in [0.29, 0.717) is 6.42 Å². The smallest absolute Gasteiger partial charge is 0.407 e. The molecule has 6 atom stereocenters. The predicted molar refractivity (Wildman–Crippen MR) is 191 cm³/mol. The van der Waals surface area contributed by atoms with E-state index in [2.05, 4.69) is 26.6 Å². The zero-order valence-electron chi connectivity index (χ0n) is 30.4. The monoisotopic (exact) mass is 722 g/mol. The number of alkyl carbamates (subject to hydrolysis) is 1. The summed E-state index contributed by atoms with van der Waals surface area (Å²) in [5, 5.41) is 21.9. The van der Waals surface area contributed by atoms with Gasteiger partial charge in [-0.15, -0.1) is 0 Å². The minimum atomic E-state index is -1.33. The van der Waals surface area contributed by atoms with Crippen LogP contribution in [0.15, 0.2) is 48.5 Å². The third kappa shape index (κ3) is 10.8. The van der Waals surface area contributed by atoms with Crippen LogP contribution in [0.4, 0.5) is 4.79 Å². The molecule has 15 nitrogen and oxygen atoms in total. The van der Waals surface area contributed by atoms with Crippen LogP contribution < -0.4 is 32.3 Å². The molecule has 3 rings (SSSR count). The number of primary amides is 1. The Balaban J connectivity index is 1.62. The molecule has 1 aliphatic carbocycles. The number of hydrogen-bond donors (Lipinski definition) is 7. The number of carboxylic acids is 1. The number of carbonyl (C=O) groups excluding carboxylic acids is 6. The number of amides is 6. The van der Waals surface area contributed by atoms with E-state index in [9.17, 15) is 38.7 Å². The zero-order valence-corrected chi connectivity index (χ0v) is 30.4. The van der Waals surface area contributed by atoms with Crippen LogP contribution in [0.5, 0.6) is 0 Å². The molecule has 15 heteroatoms. The first-order chi connectivity index (χ1) is 24.5. The number of nitrogens with two attached hydrogens (primary N) is 1. The van der Waals surface area contributed by atoms with Crippen LogP contribution in [-0.2, 0) is 33.5 Å². The maximum Gasteiger partial charge on any atom is 0.407 e. The van der Waals surface area contributed by atoms with E-state index in [4.69, 9.17) is 10.5 Å². The molecule has 0 aliphatic heterocycles. The average molecular weight is 723 g/mol. The molecule has 0 bridgehead atoms. The highest BCUT2D eigenvalue weighted by atomic mass is 16.5. The lowest BCUT2D eigenvalue weighted by Gasteiger charge is -2.26. The molecule has 0 radical (unpaired) electrons. The van der Waals surface area contributed by atoms with Crippen molar-refractivity contribution in [3.05, 3.63) is 59.7 Å². The molecule has 0 aromatic heterocycles. The van der Waals surface area contributed by atoms with Crippen molar-refractivity contribution < 1.29 is 43.4 Å². The number of hydrogen-bond acceptors (Lipinski definition) is 8. The molecule has 0 heterocycles. The number of aliphatic carboxylic acids is 1. The summed E-state index contributed by atoms with van der Waals surface area (Å²) in [6.07, 6.45) is -0.820. The number of rotatable bonds is 18. The van der Waals surface area contributed by atoms with Gasteiger partial charge >= 0.3 is 12.1 Å². The Bertz CT molecular complexity index is 1600. The van der Waals surface area contributed by atoms with Crippen LogP contribution in [0, 0.1) is 11.8 Å². The van der Waals surface area contributed by atoms with E-state index in [1.165, 1.54) is 13.8 Å². The highest BCUT2D eigenvalue weighted by Crippen LogP contribution is 2.44. The SMILES string of the molecule is CC[C@H](C)[C@H](NC(=O)[C@H](C)NC(=O)[C@H](C)NC(=O)[C@H](CCC(N)=O)NC(=O)[C@@H](NC(=O)OCC1c2ccccc2-c2ccccc21)C(C)C)C(=O)O. The summed E-state index contributed by atoms with van der Waals surface area (Å²) in [5.74, 6) is -5.98. The first-order valence-electron chi connectivity index (χ1n) is 17.4. The van der Waals surface area contributed by atoms with Crippen molar-refractivity contribution >= 4 is 41.6 Å². The first-order valence-corrected chi connectivity index (χ1v) is 17.4. The number of nitrogens with one attached hydrogen (secondary N) is 5. The van der Waals surface area contributed by atoms with Gasteiger partial charge in [0, 0.05) is 12.3 Å². The van der Waals surface area contributed by atoms with E-state index in [1.54, 1.807) is 27.7 Å². The molecule has 52 heavy (non-hydrogen) atoms. The normalized spacial score (nSPS) is 15.4. The summed E-state index contributed by atoms with van der Waals surface area (Å²) >= 11 is 0. The highest BCUT2D eigenvalue weighted by Gasteiger charge is 2.33. The predicted octanol–water partition coefficient (Wildman–Crippen LogP) is 1.92. The Morgan fingerprint density at radius 1 is 0.712 bits per heavy atom. The van der Waals surface area contributed by atoms with E-state index >= 15 is 0 Å². The van der Waals surface area contributed by atoms with Crippen molar-refractivity contribution in [2.75, 3.05) is 6.61 Å². The summed E-state index contributed by atoms with van der Waals surface area (Å²) < 4.78 is 5.61. The van der Waals surface area contributed by atoms with E-state index in [1.807, 2.05) is 48.5 Å². The Morgan fingerprint density at radius 3 is 1.73 bits per heavy atom. The van der Waals surface area contributed by atoms with Gasteiger partial charge in [0.05, 0.1) is 0 Å². The van der Waals surface area contributed by atoms with Crippen LogP contribution >= 0.6 is 0 Å². The van der Waals surface area contributed by atoms with Crippen LogP contribution in [0.2, 0.25) is 0 Å². The fourth-order valence-corrected chi connectivity index (χ4v) is 5.86. The van der Waals surface area contributed by atoms with Crippen LogP contribution in [0.1, 0.15) is 77.8 Å². The van der Waals surface area contributed by atoms with E-state index < -0.39 is 77.7 Å². The number of carbonyl (C=O) groups is 7. The summed E-state index contributed by atoms with van der Waals surface area (Å²) in [5.41, 5.74) is 9.47. The molecule has 2 aromatic rings. The summed E-state index contributed by atoms with van der Waals surface area (Å²) in [6, 6.07) is 9.75. The second-order valence-corrected chi connectivity index (χ2v) is 13.4. The third-order valence-electron chi connectivity index (χ3n) is 9.16. The Kier molecular flexibility index (Phi) is 14.7. The fourth-order valence-electron chi connectivity index (χ4n) is 5.86. The maximum absolute atomic E-state index is 13.5. The fraction of sp³-hybridized carbons (Fsp3) is 0.486. The number of fused-ring (bicyclic) bond motifs is 3. The van der Waals surface area contributed by atoms with Gasteiger partial charge in [0.15, 0.2) is 0 Å². The Hall–Kier alpha value is -5.47. The molecular weight excluding hydrogens is 672 g/mol. The summed E-state index contributed by atoms with van der Waals surface area (Å²) in [7, 11) is 0. The van der Waals surface area contributed by atoms with E-state index in [0.717, 1.165) is 22.3 Å². The van der Waals surface area contributed by atoms with Crippen molar-refractivity contribution in [1.29, 1.82) is 0 Å². The van der Waals surface area contributed by atoms with Gasteiger partial charge < -0.3 is 42.2 Å². The second kappa shape index (κ2) is 18.7. The van der Waals surface area contributed by atoms with E-state index in [-0.39, 0.29) is 31.3 Å². The first kappa shape index (κ1) is 41.0. The van der Waals surface area contributed by atoms with Gasteiger partial charge in [-0.2, -0.15) is 0 Å². The van der Waals surface area contributed by atoms with Crippen LogP contribution in [-0.4, -0.2) is 83.5 Å². The van der Waals surface area contributed by atoms with Crippen molar-refractivity contribution in [2.24, 2.45) is 17.6 Å². The van der Waals surface area contributed by atoms with Gasteiger partial charge in [-0.05, 0) is 54.4 Å². The molecule has 1 aliphatic rings. The minimum Gasteiger partial charge on any atom is -0.480 e. The van der Waals surface area contributed by atoms with Crippen molar-refractivity contribution in [1.82, 2.24) is 26.6 Å². The summed E-state index contributed by atoms with van der Waals surface area (Å²) in [6.45, 7) is 9.58. The molecule has 0 saturated carbocycles. The van der Waals surface area contributed by atoms with Crippen molar-refractivity contribution in [2.45, 2.75) is 96.9 Å². The second-order valence-electron chi connectivity index (χ2n) is 13.4. The van der Waals surface area contributed by atoms with Gasteiger partial charge in [-0.3, -0.25) is 24.0 Å². The molecule has 2 aromatic carbocycles. The molecular formula is C37H50N6O9. The molecule has 8 N–H and O–H groups in total. The molecule has 6 amide bonds. The standard InChI is InChI=1S/C37H50N6O9/c1-7-20(4)31(36(49)50)42-33(46)22(6)39-32(45)21(5)40-34(47)28(16-17-29(38)44)41-35(48)30(19(2)3)43-37(51)52-18-27-25-14-10-8-12-23(25)24-13-9-11-15-26(24)27/h8-15,19-22,27-28,30-31H,7,16-18H2,1-6H3,(H2,38,44)(H,39,45)(H,40,47)(H,41,48)(H,42,46)(H,43,51)(H,49,50)/t20-,21-,22-,28-,30-,31-/m0/s1. The quantitative estimate of drug-likeness (QED) is 0.119. The van der Waals surface area contributed by atoms with Gasteiger partial charge in [-0.1, -0.05) is 82.6 Å². The molecule has 282 valence electrons. The lowest BCUT2D eigenvalue weighted by atomic mass is 9.98. The molecule has 0 saturated heterocycles. The topological polar surface area (TPSA) is 235 Å². The van der Waals surface area contributed by atoms with Crippen molar-refractivity contribution in [3.63, 3.8) is 0 Å². The van der Waals surface area contributed by atoms with Crippen LogP contribution in [0.25, 0.3) is 11.1 Å². The maximum atomic E-state index is 13.5. The highest BCUT2D eigenvalue weighted by molar-refractivity contribution is 5.96. The molecule has 0 fully saturated rings. The van der Waals surface area contributed by atoms with Gasteiger partial charge in [0.25, 0.3) is 0 Å². The Morgan fingerprint density at radius 2 is 1.23 bits per heavy atom. The number of carboxylic acid groups (broad SMARTS) is 1. The largest absolute Gasteiger partial charge is 0.480 e. The lowest BCUT2D eigenvalue weighted by molar-refractivity contribution is -0.143. The van der Waals surface area contributed by atoms with Gasteiger partial charge in [0.2, 0.25) is 29.5 Å². The molecule has 0 spiro atoms. The van der Waals surface area contributed by atoms with Gasteiger partial charge in [-0.25, -0.2) is 9.59 Å². The molecule has 0 unspecified atom stereocenters. The van der Waals surface area contributed by atoms with Gasteiger partial charge in [0.1, 0.15) is 36.8 Å². The summed E-state index contributed by atoms with van der Waals surface area (Å²) in [4.78, 5) is 88.5. The average Bonchev–Trinajstić information content (AvgIpc) is 3.42. The minimum absolute atomic E-state index is 0.0220. The zero-order chi connectivity index (χ0) is 38.7. The number of benzene rings is 2.